The zero-order chi connectivity index (χ0) is 30.3. The van der Waals surface area contributed by atoms with Crippen molar-refractivity contribution < 1.29 is 32.1 Å². The number of anilines is 2. The van der Waals surface area contributed by atoms with E-state index in [0.29, 0.717) is 28.1 Å². The van der Waals surface area contributed by atoms with Gasteiger partial charge in [0.05, 0.1) is 37.6 Å². The molecule has 0 bridgehead atoms. The van der Waals surface area contributed by atoms with Gasteiger partial charge in [0.1, 0.15) is 18.0 Å². The van der Waals surface area contributed by atoms with Crippen molar-refractivity contribution in [3.8, 4) is 17.6 Å². The molecule has 1 aromatic heterocycles. The number of benzene rings is 2. The number of halogens is 4. The van der Waals surface area contributed by atoms with Gasteiger partial charge >= 0.3 is 6.18 Å². The molecule has 228 valence electrons. The predicted molar refractivity (Wildman–Crippen MR) is 159 cm³/mol. The number of piperidine rings is 1. The zero-order valence-corrected chi connectivity index (χ0v) is 24.7. The second-order valence-electron chi connectivity index (χ2n) is 10.1. The maximum atomic E-state index is 14.6. The minimum absolute atomic E-state index is 0.00218. The van der Waals surface area contributed by atoms with E-state index in [2.05, 4.69) is 27.4 Å². The summed E-state index contributed by atoms with van der Waals surface area (Å²) in [6.07, 6.45) is -1.50. The van der Waals surface area contributed by atoms with E-state index in [1.807, 2.05) is 12.3 Å². The van der Waals surface area contributed by atoms with Gasteiger partial charge in [0.25, 0.3) is 0 Å². The number of β-amino-alcohol motifs (C(OH)–C–C–N with tert-alkyl or cyclic N) is 1. The summed E-state index contributed by atoms with van der Waals surface area (Å²) in [5.74, 6) is 5.52. The molecule has 1 unspecified atom stereocenters. The number of fused-ring (bicyclic) bond motifs is 1. The van der Waals surface area contributed by atoms with Crippen molar-refractivity contribution in [2.24, 2.45) is 0 Å². The average Bonchev–Trinajstić information content (AvgIpc) is 3.29. The lowest BCUT2D eigenvalue weighted by Crippen LogP contribution is -2.43. The van der Waals surface area contributed by atoms with Crippen molar-refractivity contribution in [3.63, 3.8) is 0 Å². The Morgan fingerprint density at radius 3 is 2.60 bits per heavy atom. The summed E-state index contributed by atoms with van der Waals surface area (Å²) in [4.78, 5) is 2.89. The first-order chi connectivity index (χ1) is 20.1. The highest BCUT2D eigenvalue weighted by Crippen LogP contribution is 2.33. The van der Waals surface area contributed by atoms with Gasteiger partial charge < -0.3 is 34.7 Å². The van der Waals surface area contributed by atoms with Gasteiger partial charge in [-0.25, -0.2) is 4.39 Å². The fraction of sp³-hybridized carbons (Fsp3) is 0.467. The zero-order valence-electron chi connectivity index (χ0n) is 23.9. The molecule has 0 radical (unpaired) electrons. The van der Waals surface area contributed by atoms with Crippen LogP contribution in [0.3, 0.4) is 0 Å². The van der Waals surface area contributed by atoms with Crippen LogP contribution in [0.4, 0.5) is 28.9 Å². The summed E-state index contributed by atoms with van der Waals surface area (Å²) in [5, 5.41) is 17.1. The fourth-order valence-corrected chi connectivity index (χ4v) is 5.61. The minimum atomic E-state index is -4.44. The molecule has 0 aliphatic carbocycles. The van der Waals surface area contributed by atoms with Gasteiger partial charge in [-0.3, -0.25) is 0 Å². The number of alkyl halides is 3. The van der Waals surface area contributed by atoms with Gasteiger partial charge in [0.2, 0.25) is 0 Å². The van der Waals surface area contributed by atoms with Crippen LogP contribution >= 0.6 is 11.8 Å². The minimum Gasteiger partial charge on any atom is -0.494 e. The molecule has 1 aliphatic heterocycles. The highest BCUT2D eigenvalue weighted by molar-refractivity contribution is 7.98. The van der Waals surface area contributed by atoms with Crippen LogP contribution in [-0.4, -0.2) is 86.2 Å². The molecule has 0 saturated carbocycles. The molecule has 1 fully saturated rings. The lowest BCUT2D eigenvalue weighted by Gasteiger charge is -2.34. The van der Waals surface area contributed by atoms with Gasteiger partial charge in [-0.2, -0.15) is 13.2 Å². The normalized spacial score (nSPS) is 15.3. The van der Waals surface area contributed by atoms with Crippen LogP contribution < -0.4 is 15.4 Å². The molecule has 2 aromatic carbocycles. The number of hydrogen-bond donors (Lipinski definition) is 3. The van der Waals surface area contributed by atoms with E-state index in [0.717, 1.165) is 31.6 Å². The molecule has 3 aromatic rings. The van der Waals surface area contributed by atoms with Crippen LogP contribution in [-0.2, 0) is 11.3 Å². The second-order valence-corrected chi connectivity index (χ2v) is 11.0. The number of nitrogens with one attached hydrogen (secondary N) is 2. The largest absolute Gasteiger partial charge is 0.494 e. The number of thioether (sulfide) groups is 1. The predicted octanol–water partition coefficient (Wildman–Crippen LogP) is 5.42. The Hall–Kier alpha value is -3.11. The lowest BCUT2D eigenvalue weighted by atomic mass is 10.0. The maximum Gasteiger partial charge on any atom is 0.406 e. The number of aliphatic hydroxyl groups is 1. The van der Waals surface area contributed by atoms with Crippen molar-refractivity contribution in [2.75, 3.05) is 63.9 Å². The monoisotopic (exact) mass is 608 g/mol. The summed E-state index contributed by atoms with van der Waals surface area (Å²) >= 11 is 1.38. The first-order valence-electron chi connectivity index (χ1n) is 13.6. The van der Waals surface area contributed by atoms with Crippen LogP contribution in [0.2, 0.25) is 0 Å². The van der Waals surface area contributed by atoms with E-state index >= 15 is 0 Å². The summed E-state index contributed by atoms with van der Waals surface area (Å²) in [7, 11) is 2.99. The smallest absolute Gasteiger partial charge is 0.406 e. The topological polar surface area (TPSA) is 70.9 Å². The molecule has 7 nitrogen and oxygen atoms in total. The molecular formula is C30H36F4N4O3S. The van der Waals surface area contributed by atoms with Gasteiger partial charge in [-0.05, 0) is 55.3 Å². The van der Waals surface area contributed by atoms with Crippen molar-refractivity contribution >= 4 is 34.0 Å². The number of methoxy groups -OCH3 is 2. The summed E-state index contributed by atoms with van der Waals surface area (Å²) in [6.45, 7) is 1.22. The number of nitrogens with zero attached hydrogens (tertiary/aromatic N) is 2. The maximum absolute atomic E-state index is 14.6. The third kappa shape index (κ3) is 8.25. The molecule has 0 spiro atoms. The number of hydrogen-bond acceptors (Lipinski definition) is 7. The standard InChI is InChI=1S/C30H36F4N4O3S/c1-40-18-22(39)17-37-12-9-20(10-13-37)36-26-7-4-8-27-24(26)14-21(38(27)19-30(32,33)34)6-5-11-35-29-25(31)15-23(42-3)16-28(29)41-2/h4,7-8,14-16,20,22,35-36,39H,9-13,17-19H2,1-3H3. The number of aliphatic hydroxyl groups excluding tert-OH is 1. The van der Waals surface area contributed by atoms with E-state index in [4.69, 9.17) is 9.47 Å². The quantitative estimate of drug-likeness (QED) is 0.153. The number of rotatable bonds is 11. The summed E-state index contributed by atoms with van der Waals surface area (Å²) in [6, 6.07) is 10.1. The Morgan fingerprint density at radius 1 is 1.17 bits per heavy atom. The highest BCUT2D eigenvalue weighted by atomic mass is 32.2. The van der Waals surface area contributed by atoms with Crippen molar-refractivity contribution in [3.05, 3.63) is 47.9 Å². The Balaban J connectivity index is 1.52. The first-order valence-corrected chi connectivity index (χ1v) is 14.8. The van der Waals surface area contributed by atoms with Crippen molar-refractivity contribution in [1.82, 2.24) is 9.47 Å². The Morgan fingerprint density at radius 2 is 1.93 bits per heavy atom. The Labute approximate surface area is 247 Å². The molecule has 4 rings (SSSR count). The lowest BCUT2D eigenvalue weighted by molar-refractivity contribution is -0.140. The van der Waals surface area contributed by atoms with E-state index in [9.17, 15) is 22.7 Å². The third-order valence-electron chi connectivity index (χ3n) is 7.11. The number of likely N-dealkylation sites (tertiary alicyclic amines) is 1. The number of aromatic nitrogens is 1. The van der Waals surface area contributed by atoms with Gasteiger partial charge in [0, 0.05) is 48.8 Å². The Bertz CT molecular complexity index is 1410. The van der Waals surface area contributed by atoms with Gasteiger partial charge in [-0.1, -0.05) is 12.0 Å². The molecule has 1 atom stereocenters. The highest BCUT2D eigenvalue weighted by Gasteiger charge is 2.30. The van der Waals surface area contributed by atoms with Crippen LogP contribution in [0.25, 0.3) is 10.9 Å². The molecule has 1 aliphatic rings. The van der Waals surface area contributed by atoms with Crippen LogP contribution in [0.5, 0.6) is 5.75 Å². The SMILES string of the molecule is COCC(O)CN1CCC(Nc2cccc3c2cc(C#CCNc2c(F)cc(SC)cc2OC)n3CC(F)(F)F)CC1. The molecule has 0 amide bonds. The molecule has 3 N–H and O–H groups in total. The summed E-state index contributed by atoms with van der Waals surface area (Å²) in [5.41, 5.74) is 1.53. The van der Waals surface area contributed by atoms with Crippen molar-refractivity contribution in [1.29, 1.82) is 0 Å². The van der Waals surface area contributed by atoms with E-state index in [1.165, 1.54) is 29.5 Å². The third-order valence-corrected chi connectivity index (χ3v) is 7.82. The van der Waals surface area contributed by atoms with Crippen LogP contribution in [0.15, 0.2) is 41.3 Å². The van der Waals surface area contributed by atoms with E-state index in [1.54, 1.807) is 31.4 Å². The van der Waals surface area contributed by atoms with Crippen LogP contribution in [0.1, 0.15) is 18.5 Å². The van der Waals surface area contributed by atoms with Gasteiger partial charge in [-0.15, -0.1) is 11.8 Å². The number of ether oxygens (including phenoxy) is 2. The molecule has 12 heteroatoms. The molecular weight excluding hydrogens is 572 g/mol. The second kappa shape index (κ2) is 14.4. The first kappa shape index (κ1) is 31.8. The Kier molecular flexibility index (Phi) is 10.9. The molecule has 2 heterocycles. The average molecular weight is 609 g/mol. The fourth-order valence-electron chi connectivity index (χ4n) is 5.16. The van der Waals surface area contributed by atoms with Gasteiger partial charge in [0.15, 0.2) is 5.82 Å². The molecule has 1 saturated heterocycles. The summed E-state index contributed by atoms with van der Waals surface area (Å²) < 4.78 is 66.8. The van der Waals surface area contributed by atoms with E-state index < -0.39 is 24.6 Å². The van der Waals surface area contributed by atoms with Crippen molar-refractivity contribution in [2.45, 2.75) is 42.6 Å². The molecule has 42 heavy (non-hydrogen) atoms. The van der Waals surface area contributed by atoms with E-state index in [-0.39, 0.29) is 30.6 Å². The van der Waals surface area contributed by atoms with Crippen LogP contribution in [0, 0.1) is 17.7 Å².